The third kappa shape index (κ3) is 1.62. The van der Waals surface area contributed by atoms with Crippen LogP contribution in [0.15, 0.2) is 37.2 Å². The van der Waals surface area contributed by atoms with E-state index >= 15 is 0 Å². The highest BCUT2D eigenvalue weighted by molar-refractivity contribution is 5.88. The second-order valence-corrected chi connectivity index (χ2v) is 4.85. The monoisotopic (exact) mass is 216 g/mol. The first-order valence-electron chi connectivity index (χ1n) is 5.39. The van der Waals surface area contributed by atoms with Gasteiger partial charge in [-0.25, -0.2) is 0 Å². The lowest BCUT2D eigenvalue weighted by Gasteiger charge is -2.54. The quantitative estimate of drug-likeness (QED) is 0.710. The number of likely N-dealkylation sites (tertiary alicyclic amines) is 1. The van der Waals surface area contributed by atoms with Crippen molar-refractivity contribution in [2.45, 2.75) is 19.9 Å². The Morgan fingerprint density at radius 3 is 2.94 bits per heavy atom. The number of aromatic nitrogens is 1. The van der Waals surface area contributed by atoms with Gasteiger partial charge in [0.15, 0.2) is 0 Å². The third-order valence-corrected chi connectivity index (χ3v) is 3.09. The summed E-state index contributed by atoms with van der Waals surface area (Å²) in [6, 6.07) is 4.04. The van der Waals surface area contributed by atoms with Gasteiger partial charge in [-0.1, -0.05) is 26.5 Å². The molecule has 0 N–H and O–H groups in total. The van der Waals surface area contributed by atoms with E-state index in [1.807, 2.05) is 23.2 Å². The van der Waals surface area contributed by atoms with Crippen LogP contribution in [0.5, 0.6) is 0 Å². The summed E-state index contributed by atoms with van der Waals surface area (Å²) in [5.41, 5.74) is 1.20. The smallest absolute Gasteiger partial charge is 0.246 e. The third-order valence-electron chi connectivity index (χ3n) is 3.09. The highest BCUT2D eigenvalue weighted by atomic mass is 16.2. The molecular formula is C13H16N2O. The minimum absolute atomic E-state index is 0.00632. The first-order valence-corrected chi connectivity index (χ1v) is 5.39. The fourth-order valence-corrected chi connectivity index (χ4v) is 2.42. The summed E-state index contributed by atoms with van der Waals surface area (Å²) >= 11 is 0. The van der Waals surface area contributed by atoms with Crippen LogP contribution >= 0.6 is 0 Å². The lowest BCUT2D eigenvalue weighted by molar-refractivity contribution is -0.146. The van der Waals surface area contributed by atoms with Crippen molar-refractivity contribution in [2.75, 3.05) is 6.54 Å². The lowest BCUT2D eigenvalue weighted by atomic mass is 9.72. The maximum Gasteiger partial charge on any atom is 0.246 e. The van der Waals surface area contributed by atoms with Gasteiger partial charge in [-0.3, -0.25) is 9.78 Å². The zero-order valence-corrected chi connectivity index (χ0v) is 9.68. The highest BCUT2D eigenvalue weighted by Gasteiger charge is 2.48. The van der Waals surface area contributed by atoms with Crippen molar-refractivity contribution in [2.24, 2.45) is 5.41 Å². The SMILES string of the molecule is C=CC(=O)N1CC(C)(C)C1c1cccnc1. The van der Waals surface area contributed by atoms with Crippen LogP contribution in [0, 0.1) is 5.41 Å². The summed E-state index contributed by atoms with van der Waals surface area (Å²) in [6.07, 6.45) is 4.95. The molecule has 1 aliphatic heterocycles. The van der Waals surface area contributed by atoms with Crippen LogP contribution in [-0.2, 0) is 4.79 Å². The molecule has 0 aromatic carbocycles. The number of nitrogens with zero attached hydrogens (tertiary/aromatic N) is 2. The molecule has 2 rings (SSSR count). The number of hydrogen-bond acceptors (Lipinski definition) is 2. The van der Waals surface area contributed by atoms with E-state index in [0.717, 1.165) is 12.1 Å². The predicted octanol–water partition coefficient (Wildman–Crippen LogP) is 2.18. The van der Waals surface area contributed by atoms with Crippen molar-refractivity contribution >= 4 is 5.91 Å². The van der Waals surface area contributed by atoms with Crippen LogP contribution in [0.25, 0.3) is 0 Å². The minimum Gasteiger partial charge on any atom is -0.331 e. The summed E-state index contributed by atoms with van der Waals surface area (Å²) in [7, 11) is 0. The predicted molar refractivity (Wildman–Crippen MR) is 62.7 cm³/mol. The summed E-state index contributed by atoms with van der Waals surface area (Å²) in [5.74, 6) is -0.00632. The molecule has 1 fully saturated rings. The largest absolute Gasteiger partial charge is 0.331 e. The summed E-state index contributed by atoms with van der Waals surface area (Å²) in [5, 5.41) is 0. The minimum atomic E-state index is -0.00632. The summed E-state index contributed by atoms with van der Waals surface area (Å²) in [4.78, 5) is 17.6. The molecule has 3 nitrogen and oxygen atoms in total. The molecule has 84 valence electrons. The maximum atomic E-state index is 11.7. The Kier molecular flexibility index (Phi) is 2.54. The van der Waals surface area contributed by atoms with Gasteiger partial charge in [0, 0.05) is 24.4 Å². The van der Waals surface area contributed by atoms with Crippen LogP contribution < -0.4 is 0 Å². The second kappa shape index (κ2) is 3.74. The Morgan fingerprint density at radius 1 is 1.69 bits per heavy atom. The van der Waals surface area contributed by atoms with Gasteiger partial charge >= 0.3 is 0 Å². The molecule has 1 aromatic heterocycles. The fourth-order valence-electron chi connectivity index (χ4n) is 2.42. The number of hydrogen-bond donors (Lipinski definition) is 0. The summed E-state index contributed by atoms with van der Waals surface area (Å²) < 4.78 is 0. The molecule has 1 amide bonds. The number of carbonyl (C=O) groups is 1. The fraction of sp³-hybridized carbons (Fsp3) is 0.385. The van der Waals surface area contributed by atoms with Crippen molar-refractivity contribution < 1.29 is 4.79 Å². The maximum absolute atomic E-state index is 11.7. The van der Waals surface area contributed by atoms with Crippen LogP contribution in [0.2, 0.25) is 0 Å². The van der Waals surface area contributed by atoms with E-state index in [1.54, 1.807) is 6.20 Å². The zero-order valence-electron chi connectivity index (χ0n) is 9.68. The van der Waals surface area contributed by atoms with Crippen molar-refractivity contribution in [3.8, 4) is 0 Å². The Bertz CT molecular complexity index is 411. The topological polar surface area (TPSA) is 33.2 Å². The van der Waals surface area contributed by atoms with E-state index in [4.69, 9.17) is 0 Å². The van der Waals surface area contributed by atoms with Crippen molar-refractivity contribution in [1.82, 2.24) is 9.88 Å². The van der Waals surface area contributed by atoms with E-state index in [2.05, 4.69) is 25.4 Å². The molecule has 1 aliphatic rings. The average Bonchev–Trinajstić information content (AvgIpc) is 2.26. The van der Waals surface area contributed by atoms with Gasteiger partial charge in [0.05, 0.1) is 6.04 Å². The van der Waals surface area contributed by atoms with Gasteiger partial charge in [0.25, 0.3) is 0 Å². The number of amides is 1. The molecule has 1 unspecified atom stereocenters. The van der Waals surface area contributed by atoms with Crippen LogP contribution in [-0.4, -0.2) is 22.3 Å². The molecule has 3 heteroatoms. The van der Waals surface area contributed by atoms with Crippen molar-refractivity contribution in [3.05, 3.63) is 42.7 Å². The highest BCUT2D eigenvalue weighted by Crippen LogP contribution is 2.47. The van der Waals surface area contributed by atoms with Gasteiger partial charge < -0.3 is 4.90 Å². The first kappa shape index (κ1) is 10.9. The van der Waals surface area contributed by atoms with E-state index in [0.29, 0.717) is 0 Å². The Labute approximate surface area is 95.8 Å². The molecule has 1 atom stereocenters. The Hall–Kier alpha value is -1.64. The number of rotatable bonds is 2. The average molecular weight is 216 g/mol. The first-order chi connectivity index (χ1) is 7.56. The summed E-state index contributed by atoms with van der Waals surface area (Å²) in [6.45, 7) is 8.64. The molecule has 1 saturated heterocycles. The van der Waals surface area contributed by atoms with E-state index < -0.39 is 0 Å². The van der Waals surface area contributed by atoms with E-state index in [-0.39, 0.29) is 17.4 Å². The molecule has 1 aromatic rings. The van der Waals surface area contributed by atoms with Gasteiger partial charge in [-0.15, -0.1) is 0 Å². The van der Waals surface area contributed by atoms with E-state index in [1.165, 1.54) is 6.08 Å². The normalized spacial score (nSPS) is 22.4. The van der Waals surface area contributed by atoms with Crippen molar-refractivity contribution in [1.29, 1.82) is 0 Å². The van der Waals surface area contributed by atoms with Crippen LogP contribution in [0.4, 0.5) is 0 Å². The van der Waals surface area contributed by atoms with Gasteiger partial charge in [0.1, 0.15) is 0 Å². The van der Waals surface area contributed by atoms with Crippen LogP contribution in [0.3, 0.4) is 0 Å². The van der Waals surface area contributed by atoms with E-state index in [9.17, 15) is 4.79 Å². The van der Waals surface area contributed by atoms with Gasteiger partial charge in [0.2, 0.25) is 5.91 Å². The lowest BCUT2D eigenvalue weighted by Crippen LogP contribution is -2.57. The molecule has 0 spiro atoms. The molecular weight excluding hydrogens is 200 g/mol. The molecule has 0 bridgehead atoms. The molecule has 0 aliphatic carbocycles. The Morgan fingerprint density at radius 2 is 2.44 bits per heavy atom. The van der Waals surface area contributed by atoms with Gasteiger partial charge in [-0.05, 0) is 17.7 Å². The zero-order chi connectivity index (χ0) is 11.8. The Balaban J connectivity index is 2.29. The second-order valence-electron chi connectivity index (χ2n) is 4.85. The van der Waals surface area contributed by atoms with Gasteiger partial charge in [-0.2, -0.15) is 0 Å². The number of carbonyl (C=O) groups excluding carboxylic acids is 1. The molecule has 2 heterocycles. The molecule has 16 heavy (non-hydrogen) atoms. The van der Waals surface area contributed by atoms with Crippen LogP contribution in [0.1, 0.15) is 25.5 Å². The molecule has 0 radical (unpaired) electrons. The number of pyridine rings is 1. The standard InChI is InChI=1S/C13H16N2O/c1-4-11(16)15-9-13(2,3)12(15)10-6-5-7-14-8-10/h4-8,12H,1,9H2,2-3H3. The molecule has 0 saturated carbocycles. The van der Waals surface area contributed by atoms with Crippen molar-refractivity contribution in [3.63, 3.8) is 0 Å².